The van der Waals surface area contributed by atoms with Gasteiger partial charge >= 0.3 is 5.97 Å². The van der Waals surface area contributed by atoms with Gasteiger partial charge in [0.25, 0.3) is 0 Å². The van der Waals surface area contributed by atoms with Crippen LogP contribution in [0.2, 0.25) is 5.02 Å². The number of nitrogens with zero attached hydrogens (tertiary/aromatic N) is 1. The topological polar surface area (TPSA) is 62.2 Å². The van der Waals surface area contributed by atoms with Gasteiger partial charge in [-0.1, -0.05) is 11.6 Å². The molecular weight excluding hydrogens is 278 g/mol. The smallest absolute Gasteiger partial charge is 0.337 e. The molecule has 2 N–H and O–H groups in total. The summed E-state index contributed by atoms with van der Waals surface area (Å²) in [6.45, 7) is 0. The van der Waals surface area contributed by atoms with Crippen LogP contribution in [0.4, 0.5) is 20.2 Å². The normalized spacial score (nSPS) is 10.3. The zero-order valence-electron chi connectivity index (χ0n) is 9.32. The lowest BCUT2D eigenvalue weighted by Gasteiger charge is -2.11. The van der Waals surface area contributed by atoms with Crippen LogP contribution in [0.25, 0.3) is 0 Å². The van der Waals surface area contributed by atoms with E-state index in [1.54, 1.807) is 0 Å². The number of nitrogens with one attached hydrogen (secondary N) is 1. The summed E-state index contributed by atoms with van der Waals surface area (Å²) >= 11 is 5.71. The Kier molecular flexibility index (Phi) is 3.62. The molecule has 0 radical (unpaired) electrons. The van der Waals surface area contributed by atoms with Crippen LogP contribution < -0.4 is 5.32 Å². The highest BCUT2D eigenvalue weighted by atomic mass is 35.5. The van der Waals surface area contributed by atoms with Crippen molar-refractivity contribution < 1.29 is 18.7 Å². The van der Waals surface area contributed by atoms with Gasteiger partial charge in [-0.25, -0.2) is 13.6 Å². The van der Waals surface area contributed by atoms with Crippen molar-refractivity contribution in [1.29, 1.82) is 0 Å². The molecule has 0 fully saturated rings. The lowest BCUT2D eigenvalue weighted by molar-refractivity contribution is 0.0698. The van der Waals surface area contributed by atoms with Crippen molar-refractivity contribution in [2.24, 2.45) is 0 Å². The van der Waals surface area contributed by atoms with Crippen molar-refractivity contribution in [3.8, 4) is 0 Å². The molecule has 0 aliphatic carbocycles. The van der Waals surface area contributed by atoms with E-state index in [1.165, 1.54) is 18.5 Å². The Hall–Kier alpha value is -2.21. The van der Waals surface area contributed by atoms with Crippen molar-refractivity contribution in [3.63, 3.8) is 0 Å². The summed E-state index contributed by atoms with van der Waals surface area (Å²) in [5.74, 6) is -2.95. The van der Waals surface area contributed by atoms with Crippen LogP contribution in [-0.2, 0) is 0 Å². The van der Waals surface area contributed by atoms with Crippen LogP contribution >= 0.6 is 11.6 Å². The van der Waals surface area contributed by atoms with Gasteiger partial charge in [0, 0.05) is 12.3 Å². The van der Waals surface area contributed by atoms with Gasteiger partial charge in [-0.05, 0) is 12.1 Å². The maximum absolute atomic E-state index is 13.6. The van der Waals surface area contributed by atoms with E-state index in [9.17, 15) is 13.6 Å². The Balaban J connectivity index is 2.45. The fraction of sp³-hybridized carbons (Fsp3) is 0. The minimum Gasteiger partial charge on any atom is -0.478 e. The minimum atomic E-state index is -1.21. The van der Waals surface area contributed by atoms with Gasteiger partial charge in [-0.15, -0.1) is 0 Å². The van der Waals surface area contributed by atoms with E-state index < -0.39 is 17.6 Å². The number of carboxylic acid groups (broad SMARTS) is 1. The molecule has 1 aromatic heterocycles. The van der Waals surface area contributed by atoms with Gasteiger partial charge in [-0.3, -0.25) is 4.98 Å². The Morgan fingerprint density at radius 2 is 2.11 bits per heavy atom. The van der Waals surface area contributed by atoms with Crippen molar-refractivity contribution in [2.75, 3.05) is 5.32 Å². The zero-order valence-corrected chi connectivity index (χ0v) is 10.1. The molecule has 0 amide bonds. The number of hydrogen-bond acceptors (Lipinski definition) is 3. The van der Waals surface area contributed by atoms with Gasteiger partial charge in [-0.2, -0.15) is 0 Å². The molecule has 0 aliphatic heterocycles. The first-order chi connectivity index (χ1) is 8.99. The van der Waals surface area contributed by atoms with Crippen molar-refractivity contribution in [3.05, 3.63) is 52.8 Å². The van der Waals surface area contributed by atoms with Crippen LogP contribution in [0, 0.1) is 11.6 Å². The van der Waals surface area contributed by atoms with Crippen LogP contribution in [0.1, 0.15) is 10.4 Å². The molecule has 2 aromatic rings. The zero-order chi connectivity index (χ0) is 14.0. The average molecular weight is 285 g/mol. The van der Waals surface area contributed by atoms with E-state index in [-0.39, 0.29) is 22.0 Å². The summed E-state index contributed by atoms with van der Waals surface area (Å²) in [5, 5.41) is 11.3. The number of anilines is 2. The Morgan fingerprint density at radius 1 is 1.37 bits per heavy atom. The van der Waals surface area contributed by atoms with Crippen molar-refractivity contribution in [2.45, 2.75) is 0 Å². The molecular formula is C12H7ClF2N2O2. The summed E-state index contributed by atoms with van der Waals surface area (Å²) in [6, 6.07) is 2.81. The van der Waals surface area contributed by atoms with Crippen LogP contribution in [0.15, 0.2) is 30.6 Å². The monoisotopic (exact) mass is 284 g/mol. The molecule has 19 heavy (non-hydrogen) atoms. The van der Waals surface area contributed by atoms with Gasteiger partial charge in [0.15, 0.2) is 5.82 Å². The second kappa shape index (κ2) is 5.19. The third-order valence-electron chi connectivity index (χ3n) is 2.32. The van der Waals surface area contributed by atoms with Crippen LogP contribution in [0.3, 0.4) is 0 Å². The first kappa shape index (κ1) is 13.2. The molecule has 0 unspecified atom stereocenters. The molecule has 0 saturated heterocycles. The lowest BCUT2D eigenvalue weighted by Crippen LogP contribution is -2.04. The van der Waals surface area contributed by atoms with E-state index in [2.05, 4.69) is 10.3 Å². The molecule has 98 valence electrons. The molecule has 0 spiro atoms. The highest BCUT2D eigenvalue weighted by Crippen LogP contribution is 2.30. The highest BCUT2D eigenvalue weighted by Gasteiger charge is 2.14. The second-order valence-electron chi connectivity index (χ2n) is 3.60. The van der Waals surface area contributed by atoms with E-state index in [0.717, 1.165) is 6.07 Å². The average Bonchev–Trinajstić information content (AvgIpc) is 2.34. The summed E-state index contributed by atoms with van der Waals surface area (Å²) < 4.78 is 26.5. The first-order valence-electron chi connectivity index (χ1n) is 5.08. The number of aromatic nitrogens is 1. The highest BCUT2D eigenvalue weighted by molar-refractivity contribution is 6.33. The molecule has 2 rings (SSSR count). The third-order valence-corrected chi connectivity index (χ3v) is 2.62. The number of rotatable bonds is 3. The van der Waals surface area contributed by atoms with Crippen molar-refractivity contribution >= 4 is 28.9 Å². The van der Waals surface area contributed by atoms with E-state index in [4.69, 9.17) is 16.7 Å². The molecule has 0 saturated carbocycles. The number of hydrogen-bond donors (Lipinski definition) is 2. The first-order valence-corrected chi connectivity index (χ1v) is 5.45. The molecule has 1 aromatic carbocycles. The SMILES string of the molecule is O=C(O)c1ccncc1Nc1c(F)cc(F)cc1Cl. The fourth-order valence-corrected chi connectivity index (χ4v) is 1.72. The Morgan fingerprint density at radius 3 is 2.74 bits per heavy atom. The summed E-state index contributed by atoms with van der Waals surface area (Å²) in [5.41, 5.74) is -0.254. The largest absolute Gasteiger partial charge is 0.478 e. The maximum atomic E-state index is 13.6. The quantitative estimate of drug-likeness (QED) is 0.906. The van der Waals surface area contributed by atoms with Gasteiger partial charge in [0.05, 0.1) is 28.2 Å². The van der Waals surface area contributed by atoms with Crippen molar-refractivity contribution in [1.82, 2.24) is 4.98 Å². The minimum absolute atomic E-state index is 0.0578. The number of pyridine rings is 1. The number of carbonyl (C=O) groups is 1. The lowest BCUT2D eigenvalue weighted by atomic mass is 10.2. The molecule has 1 heterocycles. The van der Waals surface area contributed by atoms with Crippen LogP contribution in [0.5, 0.6) is 0 Å². The predicted octanol–water partition coefficient (Wildman–Crippen LogP) is 3.46. The maximum Gasteiger partial charge on any atom is 0.337 e. The van der Waals surface area contributed by atoms with Gasteiger partial charge in [0.2, 0.25) is 0 Å². The summed E-state index contributed by atoms with van der Waals surface area (Å²) in [6.07, 6.45) is 2.50. The molecule has 0 bridgehead atoms. The summed E-state index contributed by atoms with van der Waals surface area (Å²) in [7, 11) is 0. The summed E-state index contributed by atoms with van der Waals surface area (Å²) in [4.78, 5) is 14.7. The Labute approximate surface area is 111 Å². The molecule has 0 atom stereocenters. The predicted molar refractivity (Wildman–Crippen MR) is 65.8 cm³/mol. The molecule has 7 heteroatoms. The van der Waals surface area contributed by atoms with E-state index in [0.29, 0.717) is 6.07 Å². The molecule has 0 aliphatic rings. The third kappa shape index (κ3) is 2.79. The van der Waals surface area contributed by atoms with Gasteiger partial charge < -0.3 is 10.4 Å². The second-order valence-corrected chi connectivity index (χ2v) is 4.00. The number of benzene rings is 1. The van der Waals surface area contributed by atoms with E-state index >= 15 is 0 Å². The number of halogens is 3. The standard InChI is InChI=1S/C12H7ClF2N2O2/c13-8-3-6(14)4-9(15)11(8)17-10-5-16-2-1-7(10)12(18)19/h1-5,17H,(H,18,19). The van der Waals surface area contributed by atoms with Crippen LogP contribution in [-0.4, -0.2) is 16.1 Å². The van der Waals surface area contributed by atoms with E-state index in [1.807, 2.05) is 0 Å². The number of aromatic carboxylic acids is 1. The fourth-order valence-electron chi connectivity index (χ4n) is 1.48. The van der Waals surface area contributed by atoms with Gasteiger partial charge in [0.1, 0.15) is 5.82 Å². The molecule has 4 nitrogen and oxygen atoms in total. The Bertz CT molecular complexity index is 626. The number of carboxylic acids is 1.